The number of hydrogen-bond acceptors (Lipinski definition) is 4. The second kappa shape index (κ2) is 6.34. The fraction of sp³-hybridized carbons (Fsp3) is 0.263. The molecule has 1 aliphatic heterocycles. The van der Waals surface area contributed by atoms with Gasteiger partial charge in [0.25, 0.3) is 0 Å². The molecule has 0 amide bonds. The number of benzene rings is 2. The summed E-state index contributed by atoms with van der Waals surface area (Å²) in [6, 6.07) is 12.4. The molecule has 0 saturated heterocycles. The first kappa shape index (κ1) is 16.9. The van der Waals surface area contributed by atoms with E-state index in [0.29, 0.717) is 25.3 Å². The minimum Gasteiger partial charge on any atom is -0.497 e. The van der Waals surface area contributed by atoms with Crippen LogP contribution in [0, 0.1) is 0 Å². The van der Waals surface area contributed by atoms with E-state index in [4.69, 9.17) is 9.47 Å². The average Bonchev–Trinajstić information content (AvgIpc) is 3.04. The van der Waals surface area contributed by atoms with Gasteiger partial charge in [-0.3, -0.25) is 0 Å². The Balaban J connectivity index is 1.67. The van der Waals surface area contributed by atoms with Gasteiger partial charge in [0.05, 0.1) is 25.7 Å². The molecular formula is C19H20N2O4S. The van der Waals surface area contributed by atoms with E-state index >= 15 is 0 Å². The molecule has 26 heavy (non-hydrogen) atoms. The van der Waals surface area contributed by atoms with Crippen molar-refractivity contribution in [1.82, 2.24) is 9.29 Å². The van der Waals surface area contributed by atoms with Crippen LogP contribution in [0.15, 0.2) is 47.4 Å². The highest BCUT2D eigenvalue weighted by atomic mass is 32.2. The number of aromatic nitrogens is 1. The summed E-state index contributed by atoms with van der Waals surface area (Å²) in [6.45, 7) is 0.784. The molecule has 3 aromatic rings. The second-order valence-electron chi connectivity index (χ2n) is 6.26. The highest BCUT2D eigenvalue weighted by Crippen LogP contribution is 2.32. The van der Waals surface area contributed by atoms with Crippen molar-refractivity contribution in [3.05, 3.63) is 53.7 Å². The molecule has 1 aliphatic rings. The molecule has 2 aromatic carbocycles. The Kier molecular flexibility index (Phi) is 4.13. The zero-order chi connectivity index (χ0) is 18.3. The van der Waals surface area contributed by atoms with Crippen molar-refractivity contribution in [1.29, 1.82) is 0 Å². The molecule has 1 N–H and O–H groups in total. The van der Waals surface area contributed by atoms with Crippen molar-refractivity contribution in [3.63, 3.8) is 0 Å². The van der Waals surface area contributed by atoms with E-state index in [9.17, 15) is 8.42 Å². The van der Waals surface area contributed by atoms with Gasteiger partial charge in [-0.1, -0.05) is 0 Å². The number of methoxy groups -OCH3 is 2. The van der Waals surface area contributed by atoms with Crippen molar-refractivity contribution in [2.75, 3.05) is 20.8 Å². The topological polar surface area (TPSA) is 71.6 Å². The molecule has 0 radical (unpaired) electrons. The van der Waals surface area contributed by atoms with E-state index < -0.39 is 10.0 Å². The molecule has 0 fully saturated rings. The van der Waals surface area contributed by atoms with Crippen LogP contribution in [-0.2, 0) is 23.0 Å². The summed E-state index contributed by atoms with van der Waals surface area (Å²) in [5, 5.41) is 1.10. The molecule has 0 bridgehead atoms. The maximum absolute atomic E-state index is 13.0. The Morgan fingerprint density at radius 2 is 1.69 bits per heavy atom. The van der Waals surface area contributed by atoms with E-state index in [-0.39, 0.29) is 4.90 Å². The lowest BCUT2D eigenvalue weighted by molar-refractivity contribution is 0.388. The van der Waals surface area contributed by atoms with Crippen molar-refractivity contribution < 1.29 is 17.9 Å². The van der Waals surface area contributed by atoms with E-state index in [1.165, 1.54) is 9.87 Å². The normalized spacial score (nSPS) is 15.0. The highest BCUT2D eigenvalue weighted by molar-refractivity contribution is 7.89. The molecule has 0 saturated carbocycles. The van der Waals surface area contributed by atoms with E-state index in [1.54, 1.807) is 38.5 Å². The van der Waals surface area contributed by atoms with Crippen molar-refractivity contribution in [2.45, 2.75) is 17.9 Å². The first-order chi connectivity index (χ1) is 12.5. The average molecular weight is 372 g/mol. The fourth-order valence-electron chi connectivity index (χ4n) is 3.42. The highest BCUT2D eigenvalue weighted by Gasteiger charge is 2.30. The van der Waals surface area contributed by atoms with Gasteiger partial charge < -0.3 is 14.5 Å². The largest absolute Gasteiger partial charge is 0.497 e. The summed E-state index contributed by atoms with van der Waals surface area (Å²) < 4.78 is 37.9. The van der Waals surface area contributed by atoms with E-state index in [1.807, 2.05) is 18.2 Å². The number of sulfonamides is 1. The molecule has 1 aromatic heterocycles. The molecular weight excluding hydrogens is 352 g/mol. The third kappa shape index (κ3) is 2.73. The number of H-pyrrole nitrogens is 1. The number of hydrogen-bond donors (Lipinski definition) is 1. The van der Waals surface area contributed by atoms with Crippen molar-refractivity contribution in [2.24, 2.45) is 0 Å². The molecule has 7 heteroatoms. The standard InChI is InChI=1S/C19H20N2O4S/c1-24-13-3-6-15(7-4-13)26(22,23)21-10-9-16-17-11-14(25-2)5-8-18(17)20-19(16)12-21/h3-8,11,20H,9-10,12H2,1-2H3. The summed E-state index contributed by atoms with van der Waals surface area (Å²) in [7, 11) is -0.348. The second-order valence-corrected chi connectivity index (χ2v) is 8.20. The van der Waals surface area contributed by atoms with Crippen molar-refractivity contribution in [3.8, 4) is 11.5 Å². The van der Waals surface area contributed by atoms with Gasteiger partial charge in [-0.15, -0.1) is 0 Å². The van der Waals surface area contributed by atoms with Crippen LogP contribution in [-0.4, -0.2) is 38.5 Å². The van der Waals surface area contributed by atoms with Crippen LogP contribution in [0.4, 0.5) is 0 Å². The molecule has 0 spiro atoms. The number of ether oxygens (including phenoxy) is 2. The Hall–Kier alpha value is -2.51. The summed E-state index contributed by atoms with van der Waals surface area (Å²) in [5.41, 5.74) is 3.11. The Bertz CT molecular complexity index is 1060. The van der Waals surface area contributed by atoms with Crippen LogP contribution in [0.1, 0.15) is 11.3 Å². The number of nitrogens with zero attached hydrogens (tertiary/aromatic N) is 1. The van der Waals surface area contributed by atoms with Gasteiger partial charge in [-0.25, -0.2) is 8.42 Å². The third-order valence-electron chi connectivity index (χ3n) is 4.84. The molecule has 2 heterocycles. The van der Waals surface area contributed by atoms with Crippen LogP contribution < -0.4 is 9.47 Å². The van der Waals surface area contributed by atoms with Crippen LogP contribution in [0.2, 0.25) is 0 Å². The minimum absolute atomic E-state index is 0.277. The number of aromatic amines is 1. The molecule has 4 rings (SSSR count). The lowest BCUT2D eigenvalue weighted by atomic mass is 10.0. The summed E-state index contributed by atoms with van der Waals surface area (Å²) >= 11 is 0. The van der Waals surface area contributed by atoms with Gasteiger partial charge in [0.15, 0.2) is 0 Å². The quantitative estimate of drug-likeness (QED) is 0.764. The Morgan fingerprint density at radius 3 is 2.38 bits per heavy atom. The van der Waals surface area contributed by atoms with Gasteiger partial charge in [0.1, 0.15) is 11.5 Å². The lowest BCUT2D eigenvalue weighted by Crippen LogP contribution is -2.35. The predicted octanol–water partition coefficient (Wildman–Crippen LogP) is 2.93. The van der Waals surface area contributed by atoms with Gasteiger partial charge in [-0.05, 0) is 54.4 Å². The molecule has 0 unspecified atom stereocenters. The lowest BCUT2D eigenvalue weighted by Gasteiger charge is -2.26. The zero-order valence-corrected chi connectivity index (χ0v) is 15.5. The maximum Gasteiger partial charge on any atom is 0.243 e. The van der Waals surface area contributed by atoms with Crippen LogP contribution in [0.25, 0.3) is 10.9 Å². The first-order valence-corrected chi connectivity index (χ1v) is 9.78. The third-order valence-corrected chi connectivity index (χ3v) is 6.70. The van der Waals surface area contributed by atoms with Crippen LogP contribution >= 0.6 is 0 Å². The Morgan fingerprint density at radius 1 is 1.00 bits per heavy atom. The smallest absolute Gasteiger partial charge is 0.243 e. The monoisotopic (exact) mass is 372 g/mol. The fourth-order valence-corrected chi connectivity index (χ4v) is 4.83. The van der Waals surface area contributed by atoms with Gasteiger partial charge in [0.2, 0.25) is 10.0 Å². The van der Waals surface area contributed by atoms with E-state index in [2.05, 4.69) is 4.98 Å². The zero-order valence-electron chi connectivity index (χ0n) is 14.7. The predicted molar refractivity (Wildman–Crippen MR) is 99.1 cm³/mol. The molecule has 0 atom stereocenters. The number of nitrogens with one attached hydrogen (secondary N) is 1. The number of fused-ring (bicyclic) bond motifs is 3. The number of rotatable bonds is 4. The summed E-state index contributed by atoms with van der Waals surface area (Å²) in [6.07, 6.45) is 0.665. The van der Waals surface area contributed by atoms with Crippen LogP contribution in [0.3, 0.4) is 0 Å². The minimum atomic E-state index is -3.55. The van der Waals surface area contributed by atoms with Gasteiger partial charge in [-0.2, -0.15) is 4.31 Å². The van der Waals surface area contributed by atoms with Crippen LogP contribution in [0.5, 0.6) is 11.5 Å². The van der Waals surface area contributed by atoms with Gasteiger partial charge >= 0.3 is 0 Å². The summed E-state index contributed by atoms with van der Waals surface area (Å²) in [4.78, 5) is 3.63. The molecule has 6 nitrogen and oxygen atoms in total. The van der Waals surface area contributed by atoms with Crippen molar-refractivity contribution >= 4 is 20.9 Å². The Labute approximate surface area is 152 Å². The first-order valence-electron chi connectivity index (χ1n) is 8.34. The van der Waals surface area contributed by atoms with Gasteiger partial charge in [0, 0.05) is 23.1 Å². The molecule has 136 valence electrons. The molecule has 0 aliphatic carbocycles. The summed E-state index contributed by atoms with van der Waals surface area (Å²) in [5.74, 6) is 1.43. The van der Waals surface area contributed by atoms with E-state index in [0.717, 1.165) is 22.3 Å². The maximum atomic E-state index is 13.0. The SMILES string of the molecule is COc1ccc(S(=O)(=O)N2CCc3c([nH]c4ccc(OC)cc34)C2)cc1.